The van der Waals surface area contributed by atoms with E-state index in [0.29, 0.717) is 31.9 Å². The second kappa shape index (κ2) is 9.81. The van der Waals surface area contributed by atoms with Crippen LogP contribution < -0.4 is 9.47 Å². The van der Waals surface area contributed by atoms with Crippen LogP contribution in [0.15, 0.2) is 24.3 Å². The van der Waals surface area contributed by atoms with Crippen LogP contribution >= 0.6 is 0 Å². The summed E-state index contributed by atoms with van der Waals surface area (Å²) in [6, 6.07) is 7.96. The number of aryl methyl sites for hydroxylation is 4. The molecule has 3 rings (SSSR count). The summed E-state index contributed by atoms with van der Waals surface area (Å²) in [6.45, 7) is 7.31. The summed E-state index contributed by atoms with van der Waals surface area (Å²) in [5, 5.41) is 5.31. The van der Waals surface area contributed by atoms with Gasteiger partial charge in [0, 0.05) is 32.8 Å². The van der Waals surface area contributed by atoms with Gasteiger partial charge in [-0.1, -0.05) is 18.2 Å². The number of carbonyl (C=O) groups excluding carboxylic acids is 1. The van der Waals surface area contributed by atoms with Crippen LogP contribution in [0, 0.1) is 20.8 Å². The third-order valence-electron chi connectivity index (χ3n) is 5.72. The van der Waals surface area contributed by atoms with Crippen LogP contribution in [0.5, 0.6) is 11.6 Å². The van der Waals surface area contributed by atoms with Gasteiger partial charge in [0.15, 0.2) is 5.65 Å². The maximum atomic E-state index is 12.7. The highest BCUT2D eigenvalue weighted by molar-refractivity contribution is 5.86. The van der Waals surface area contributed by atoms with Crippen LogP contribution in [0.4, 0.5) is 0 Å². The highest BCUT2D eigenvalue weighted by Gasteiger charge is 2.19. The first-order valence-electron chi connectivity index (χ1n) is 10.6. The van der Waals surface area contributed by atoms with Gasteiger partial charge in [0.2, 0.25) is 11.8 Å². The molecule has 0 unspecified atom stereocenters. The minimum absolute atomic E-state index is 0.118. The predicted molar refractivity (Wildman–Crippen MR) is 122 cm³/mol. The average molecular weight is 425 g/mol. The predicted octanol–water partition coefficient (Wildman–Crippen LogP) is 3.76. The molecule has 0 N–H and O–H groups in total. The standard InChI is InChI=1S/C24H32N4O3/c1-16-10-7-8-11-20(16)31-15-9-14-27(4)21(29)13-12-19-17(2)22-23(25-18(19)3)28(5)26-24(22)30-6/h7-8,10-11H,9,12-15H2,1-6H3. The van der Waals surface area contributed by atoms with Crippen molar-refractivity contribution in [3.05, 3.63) is 46.6 Å². The van der Waals surface area contributed by atoms with Crippen molar-refractivity contribution in [1.82, 2.24) is 19.7 Å². The molecule has 0 atom stereocenters. The number of methoxy groups -OCH3 is 1. The van der Waals surface area contributed by atoms with E-state index in [1.165, 1.54) is 0 Å². The fourth-order valence-electron chi connectivity index (χ4n) is 3.86. The number of aromatic nitrogens is 3. The third kappa shape index (κ3) is 4.98. The molecular weight excluding hydrogens is 392 g/mol. The van der Waals surface area contributed by atoms with E-state index >= 15 is 0 Å². The molecule has 0 saturated heterocycles. The Balaban J connectivity index is 1.56. The molecule has 2 aromatic heterocycles. The number of carbonyl (C=O) groups is 1. The molecule has 0 aliphatic heterocycles. The Morgan fingerprint density at radius 3 is 2.65 bits per heavy atom. The van der Waals surface area contributed by atoms with Crippen molar-refractivity contribution in [3.63, 3.8) is 0 Å². The zero-order valence-electron chi connectivity index (χ0n) is 19.4. The Labute approximate surface area is 184 Å². The molecule has 0 saturated carbocycles. The van der Waals surface area contributed by atoms with E-state index in [9.17, 15) is 4.79 Å². The molecule has 3 aromatic rings. The molecule has 1 aromatic carbocycles. The lowest BCUT2D eigenvalue weighted by Gasteiger charge is -2.18. The molecule has 0 bridgehead atoms. The average Bonchev–Trinajstić information content (AvgIpc) is 3.07. The van der Waals surface area contributed by atoms with Crippen molar-refractivity contribution in [2.45, 2.75) is 40.0 Å². The fraction of sp³-hybridized carbons (Fsp3) is 0.458. The van der Waals surface area contributed by atoms with Crippen molar-refractivity contribution in [2.24, 2.45) is 7.05 Å². The van der Waals surface area contributed by atoms with Gasteiger partial charge in [0.1, 0.15) is 5.75 Å². The van der Waals surface area contributed by atoms with E-state index in [-0.39, 0.29) is 5.91 Å². The van der Waals surface area contributed by atoms with Crippen molar-refractivity contribution in [3.8, 4) is 11.6 Å². The normalized spacial score (nSPS) is 11.0. The van der Waals surface area contributed by atoms with Gasteiger partial charge in [-0.15, -0.1) is 5.10 Å². The van der Waals surface area contributed by atoms with Gasteiger partial charge in [0.25, 0.3) is 0 Å². The van der Waals surface area contributed by atoms with Crippen molar-refractivity contribution >= 4 is 16.9 Å². The van der Waals surface area contributed by atoms with Crippen LogP contribution in [0.3, 0.4) is 0 Å². The summed E-state index contributed by atoms with van der Waals surface area (Å²) in [4.78, 5) is 19.2. The molecular formula is C24H32N4O3. The van der Waals surface area contributed by atoms with E-state index in [4.69, 9.17) is 14.5 Å². The lowest BCUT2D eigenvalue weighted by molar-refractivity contribution is -0.129. The van der Waals surface area contributed by atoms with Crippen molar-refractivity contribution in [1.29, 1.82) is 0 Å². The molecule has 1 amide bonds. The van der Waals surface area contributed by atoms with Gasteiger partial charge >= 0.3 is 0 Å². The second-order valence-electron chi connectivity index (χ2n) is 7.92. The summed E-state index contributed by atoms with van der Waals surface area (Å²) in [6.07, 6.45) is 1.86. The number of para-hydroxylation sites is 1. The minimum atomic E-state index is 0.118. The molecule has 0 fully saturated rings. The molecule has 2 heterocycles. The van der Waals surface area contributed by atoms with Gasteiger partial charge in [-0.3, -0.25) is 4.79 Å². The van der Waals surface area contributed by atoms with Gasteiger partial charge in [-0.05, 0) is 56.4 Å². The smallest absolute Gasteiger partial charge is 0.242 e. The summed E-state index contributed by atoms with van der Waals surface area (Å²) in [7, 11) is 5.32. The number of hydrogen-bond donors (Lipinski definition) is 0. The summed E-state index contributed by atoms with van der Waals surface area (Å²) in [5.74, 6) is 1.59. The van der Waals surface area contributed by atoms with Crippen molar-refractivity contribution in [2.75, 3.05) is 27.3 Å². The van der Waals surface area contributed by atoms with Crippen LogP contribution in [-0.4, -0.2) is 52.9 Å². The second-order valence-corrected chi connectivity index (χ2v) is 7.92. The number of ether oxygens (including phenoxy) is 2. The highest BCUT2D eigenvalue weighted by Crippen LogP contribution is 2.30. The van der Waals surface area contributed by atoms with Crippen LogP contribution in [0.2, 0.25) is 0 Å². The van der Waals surface area contributed by atoms with Crippen LogP contribution in [0.25, 0.3) is 11.0 Å². The Morgan fingerprint density at radius 1 is 1.19 bits per heavy atom. The zero-order chi connectivity index (χ0) is 22.5. The zero-order valence-corrected chi connectivity index (χ0v) is 19.4. The number of fused-ring (bicyclic) bond motifs is 1. The largest absolute Gasteiger partial charge is 0.493 e. The molecule has 0 spiro atoms. The fourth-order valence-corrected chi connectivity index (χ4v) is 3.86. The Hall–Kier alpha value is -3.09. The Bertz CT molecular complexity index is 1070. The first-order valence-corrected chi connectivity index (χ1v) is 10.6. The number of amides is 1. The summed E-state index contributed by atoms with van der Waals surface area (Å²) in [5.41, 5.74) is 5.01. The van der Waals surface area contributed by atoms with E-state index in [0.717, 1.165) is 45.6 Å². The van der Waals surface area contributed by atoms with Gasteiger partial charge in [0.05, 0.1) is 19.1 Å². The number of nitrogens with zero attached hydrogens (tertiary/aromatic N) is 4. The summed E-state index contributed by atoms with van der Waals surface area (Å²) >= 11 is 0. The lowest BCUT2D eigenvalue weighted by atomic mass is 10.00. The van der Waals surface area contributed by atoms with Gasteiger partial charge < -0.3 is 14.4 Å². The maximum Gasteiger partial charge on any atom is 0.242 e. The Morgan fingerprint density at radius 2 is 1.94 bits per heavy atom. The first-order chi connectivity index (χ1) is 14.8. The molecule has 166 valence electrons. The molecule has 0 aliphatic rings. The number of hydrogen-bond acceptors (Lipinski definition) is 5. The Kier molecular flexibility index (Phi) is 7.15. The van der Waals surface area contributed by atoms with Crippen LogP contribution in [0.1, 0.15) is 35.2 Å². The molecule has 31 heavy (non-hydrogen) atoms. The van der Waals surface area contributed by atoms with E-state index in [1.54, 1.807) is 16.7 Å². The molecule has 0 aliphatic carbocycles. The highest BCUT2D eigenvalue weighted by atomic mass is 16.5. The van der Waals surface area contributed by atoms with E-state index < -0.39 is 0 Å². The first kappa shape index (κ1) is 22.6. The van der Waals surface area contributed by atoms with Gasteiger partial charge in [-0.25, -0.2) is 9.67 Å². The van der Waals surface area contributed by atoms with Crippen LogP contribution in [-0.2, 0) is 18.3 Å². The lowest BCUT2D eigenvalue weighted by Crippen LogP contribution is -2.29. The quantitative estimate of drug-likeness (QED) is 0.489. The maximum absolute atomic E-state index is 12.7. The number of benzene rings is 1. The van der Waals surface area contributed by atoms with E-state index in [2.05, 4.69) is 5.10 Å². The number of rotatable bonds is 9. The molecule has 7 nitrogen and oxygen atoms in total. The monoisotopic (exact) mass is 424 g/mol. The number of pyridine rings is 1. The topological polar surface area (TPSA) is 69.5 Å². The van der Waals surface area contributed by atoms with Crippen molar-refractivity contribution < 1.29 is 14.3 Å². The SMILES string of the molecule is COc1nn(C)c2nc(C)c(CCC(=O)N(C)CCCOc3ccccc3C)c(C)c12. The summed E-state index contributed by atoms with van der Waals surface area (Å²) < 4.78 is 13.0. The van der Waals surface area contributed by atoms with E-state index in [1.807, 2.05) is 59.1 Å². The van der Waals surface area contributed by atoms with Gasteiger partial charge in [-0.2, -0.15) is 0 Å². The third-order valence-corrected chi connectivity index (χ3v) is 5.72. The molecule has 0 radical (unpaired) electrons. The molecule has 7 heteroatoms. The minimum Gasteiger partial charge on any atom is -0.493 e.